The highest BCUT2D eigenvalue weighted by Crippen LogP contribution is 2.53. The van der Waals surface area contributed by atoms with E-state index in [2.05, 4.69) is 156 Å². The van der Waals surface area contributed by atoms with E-state index in [4.69, 9.17) is 46.4 Å². The Morgan fingerprint density at radius 2 is 0.663 bits per heavy atom. The topological polar surface area (TPSA) is 130 Å². The molecule has 0 aromatic heterocycles. The molecule has 508 valence electrons. The summed E-state index contributed by atoms with van der Waals surface area (Å²) in [6.07, 6.45) is 12.2. The first-order valence-electron chi connectivity index (χ1n) is 32.3. The zero-order valence-corrected chi connectivity index (χ0v) is 60.9. The number of methoxy groups -OCH3 is 6. The third-order valence-corrected chi connectivity index (χ3v) is 22.6. The van der Waals surface area contributed by atoms with Crippen molar-refractivity contribution in [1.29, 1.82) is 0 Å². The van der Waals surface area contributed by atoms with Crippen LogP contribution in [-0.4, -0.2) is 56.1 Å². The summed E-state index contributed by atoms with van der Waals surface area (Å²) < 4.78 is 71.4. The third-order valence-electron chi connectivity index (χ3n) is 16.4. The standard InChI is InChI=1S/C34H38O3Si.C32H33O6P.C18H20O3/c1-25-22-28(23-26(2)33(25)36-7)19-18-27-20-21-31(35-6)32(24-27)37-38(34(3,4)5,29-14-10-8-11-15-29)30-16-12-9-13-17-30;1-24-19-29(20-25(2)32(24)35-4)16-15-26-17-18-30(34-3)31(21-26)38-39(33,36-22-27-11-7-5-8-12-27)37-23-28-13-9-6-10-14-28;1-12-9-15(10-13(2)18(12)21-4)6-5-14-7-8-17(20-3)16(19)11-14/h8-24H,1-7H3;5-21H,22-23H2,1-4H3;5-11,19H,1-4H3/b19-18-;16-15-;6-5-. The number of phenols is 1. The summed E-state index contributed by atoms with van der Waals surface area (Å²) >= 11 is 0. The highest BCUT2D eigenvalue weighted by molar-refractivity contribution is 7.48. The Hall–Kier alpha value is -10.0. The van der Waals surface area contributed by atoms with Gasteiger partial charge in [0, 0.05) is 0 Å². The molecule has 0 heterocycles. The molecule has 0 amide bonds. The van der Waals surface area contributed by atoms with Gasteiger partial charge in [-0.2, -0.15) is 0 Å². The summed E-state index contributed by atoms with van der Waals surface area (Å²) in [6.45, 7) is 19.2. The molecule has 0 aliphatic carbocycles. The van der Waals surface area contributed by atoms with Gasteiger partial charge >= 0.3 is 16.1 Å². The Kier molecular flexibility index (Phi) is 26.2. The number of phosphoric acid groups is 1. The molecule has 10 aromatic rings. The van der Waals surface area contributed by atoms with Crippen molar-refractivity contribution in [3.8, 4) is 51.7 Å². The minimum absolute atomic E-state index is 0.0605. The average molecular weight is 1350 g/mol. The fraction of sp³-hybridized carbons (Fsp3) is 0.214. The second-order valence-electron chi connectivity index (χ2n) is 24.6. The number of hydrogen-bond donors (Lipinski definition) is 1. The number of ether oxygens (including phenoxy) is 6. The molecule has 12 nitrogen and oxygen atoms in total. The van der Waals surface area contributed by atoms with Gasteiger partial charge in [-0.1, -0.05) is 197 Å². The van der Waals surface area contributed by atoms with Crippen LogP contribution in [0.2, 0.25) is 5.04 Å². The van der Waals surface area contributed by atoms with Crippen molar-refractivity contribution in [2.75, 3.05) is 42.7 Å². The predicted molar refractivity (Wildman–Crippen MR) is 404 cm³/mol. The molecule has 0 spiro atoms. The molecule has 98 heavy (non-hydrogen) atoms. The van der Waals surface area contributed by atoms with Gasteiger partial charge in [-0.25, -0.2) is 4.57 Å². The van der Waals surface area contributed by atoms with E-state index < -0.39 is 16.1 Å². The fourth-order valence-electron chi connectivity index (χ4n) is 11.8. The summed E-state index contributed by atoms with van der Waals surface area (Å²) in [5.74, 6) is 5.51. The largest absolute Gasteiger partial charge is 0.531 e. The van der Waals surface area contributed by atoms with E-state index in [0.29, 0.717) is 11.5 Å². The van der Waals surface area contributed by atoms with Gasteiger partial charge in [0.1, 0.15) is 23.0 Å². The lowest BCUT2D eigenvalue weighted by molar-refractivity contribution is 0.142. The maximum Gasteiger partial charge on any atom is 0.530 e. The summed E-state index contributed by atoms with van der Waals surface area (Å²) in [5, 5.41) is 12.1. The number of aromatic hydroxyl groups is 1. The van der Waals surface area contributed by atoms with E-state index >= 15 is 0 Å². The maximum absolute atomic E-state index is 13.9. The Bertz CT molecular complexity index is 4240. The molecule has 0 saturated heterocycles. The Balaban J connectivity index is 0.000000196. The van der Waals surface area contributed by atoms with Crippen molar-refractivity contribution in [2.45, 2.75) is 80.6 Å². The molecule has 0 aliphatic rings. The van der Waals surface area contributed by atoms with Gasteiger partial charge in [-0.3, -0.25) is 9.05 Å². The average Bonchev–Trinajstić information content (AvgIpc) is 0.739. The molecule has 0 aliphatic heterocycles. The van der Waals surface area contributed by atoms with Gasteiger partial charge in [0.15, 0.2) is 28.7 Å². The van der Waals surface area contributed by atoms with Gasteiger partial charge in [0.25, 0.3) is 0 Å². The van der Waals surface area contributed by atoms with Crippen LogP contribution in [0.4, 0.5) is 0 Å². The van der Waals surface area contributed by atoms with E-state index in [1.807, 2.05) is 131 Å². The Morgan fingerprint density at radius 3 is 0.990 bits per heavy atom. The number of hydrogen-bond acceptors (Lipinski definition) is 12. The Morgan fingerprint density at radius 1 is 0.357 bits per heavy atom. The van der Waals surface area contributed by atoms with Crippen molar-refractivity contribution in [3.63, 3.8) is 0 Å². The number of benzene rings is 10. The molecule has 10 rings (SSSR count). The van der Waals surface area contributed by atoms with Crippen LogP contribution in [0.15, 0.2) is 212 Å². The molecule has 14 heteroatoms. The first-order valence-corrected chi connectivity index (χ1v) is 35.7. The SMILES string of the molecule is COc1ccc(/C=C\c2cc(C)c(OC)c(C)c2)cc1O.COc1ccc(/C=C\c2cc(C)c(OC)c(C)c2)cc1OP(=O)(OCc1ccccc1)OCc1ccccc1.COc1ccc(/C=C\c2cc(C)c(OC)c(C)c2)cc1O[Si](c1ccccc1)(c1ccccc1)C(C)(C)C. The highest BCUT2D eigenvalue weighted by atomic mass is 31.2. The van der Waals surface area contributed by atoms with E-state index in [1.54, 1.807) is 52.7 Å². The number of phenolic OH excluding ortho intramolecular Hbond substituents is 1. The van der Waals surface area contributed by atoms with Crippen LogP contribution in [0, 0.1) is 41.5 Å². The lowest BCUT2D eigenvalue weighted by Crippen LogP contribution is -2.68. The van der Waals surface area contributed by atoms with Crippen LogP contribution in [0.5, 0.6) is 51.7 Å². The van der Waals surface area contributed by atoms with Crippen LogP contribution in [0.3, 0.4) is 0 Å². The van der Waals surface area contributed by atoms with Crippen LogP contribution >= 0.6 is 7.82 Å². The first kappa shape index (κ1) is 73.8. The minimum atomic E-state index is -4.05. The monoisotopic (exact) mass is 1350 g/mol. The molecule has 0 radical (unpaired) electrons. The molecule has 10 aromatic carbocycles. The minimum Gasteiger partial charge on any atom is -0.531 e. The third kappa shape index (κ3) is 19.4. The first-order chi connectivity index (χ1) is 47.1. The summed E-state index contributed by atoms with van der Waals surface area (Å²) in [6, 6.07) is 69.7. The maximum atomic E-state index is 13.9. The zero-order valence-electron chi connectivity index (χ0n) is 59.0. The van der Waals surface area contributed by atoms with Gasteiger partial charge in [0.05, 0.1) is 55.9 Å². The second kappa shape index (κ2) is 34.8. The van der Waals surface area contributed by atoms with E-state index in [9.17, 15) is 9.67 Å². The molecule has 0 bridgehead atoms. The van der Waals surface area contributed by atoms with E-state index in [-0.39, 0.29) is 29.8 Å². The number of rotatable bonds is 24. The number of phosphoric ester groups is 1. The van der Waals surface area contributed by atoms with Crippen LogP contribution < -0.4 is 47.7 Å². The van der Waals surface area contributed by atoms with Crippen molar-refractivity contribution in [2.24, 2.45) is 0 Å². The van der Waals surface area contributed by atoms with Crippen molar-refractivity contribution in [3.05, 3.63) is 290 Å². The predicted octanol–water partition coefficient (Wildman–Crippen LogP) is 20.0. The second-order valence-corrected chi connectivity index (χ2v) is 30.5. The smallest absolute Gasteiger partial charge is 0.530 e. The molecule has 0 atom stereocenters. The quantitative estimate of drug-likeness (QED) is 0.0351. The Labute approximate surface area is 581 Å². The van der Waals surface area contributed by atoms with Gasteiger partial charge in [-0.15, -0.1) is 0 Å². The lowest BCUT2D eigenvalue weighted by Gasteiger charge is -2.43. The van der Waals surface area contributed by atoms with Gasteiger partial charge in [-0.05, 0) is 208 Å². The molecule has 1 N–H and O–H groups in total. The summed E-state index contributed by atoms with van der Waals surface area (Å²) in [5.41, 5.74) is 14.3. The molecular formula is C84H91O12PSi. The highest BCUT2D eigenvalue weighted by Gasteiger charge is 2.52. The van der Waals surface area contributed by atoms with Crippen LogP contribution in [0.1, 0.15) is 98.7 Å². The normalized spacial score (nSPS) is 11.5. The van der Waals surface area contributed by atoms with Crippen molar-refractivity contribution in [1.82, 2.24) is 0 Å². The number of aryl methyl sites for hydroxylation is 6. The van der Waals surface area contributed by atoms with Crippen molar-refractivity contribution >= 4 is 63.0 Å². The molecule has 0 unspecified atom stereocenters. The van der Waals surface area contributed by atoms with Crippen LogP contribution in [0.25, 0.3) is 36.5 Å². The summed E-state index contributed by atoms with van der Waals surface area (Å²) in [7, 11) is 3.00. The zero-order chi connectivity index (χ0) is 70.4. The lowest BCUT2D eigenvalue weighted by atomic mass is 10.0. The van der Waals surface area contributed by atoms with E-state index in [1.165, 1.54) is 24.6 Å². The van der Waals surface area contributed by atoms with Gasteiger partial charge < -0.3 is 42.5 Å². The van der Waals surface area contributed by atoms with Crippen LogP contribution in [-0.2, 0) is 26.8 Å². The van der Waals surface area contributed by atoms with Gasteiger partial charge in [0.2, 0.25) is 0 Å². The summed E-state index contributed by atoms with van der Waals surface area (Å²) in [4.78, 5) is 0. The molecule has 0 fully saturated rings. The fourth-order valence-corrected chi connectivity index (χ4v) is 17.4. The van der Waals surface area contributed by atoms with E-state index in [0.717, 1.165) is 107 Å². The van der Waals surface area contributed by atoms with Crippen molar-refractivity contribution < 1.29 is 56.1 Å². The molecule has 0 saturated carbocycles. The molecular weight excluding hydrogens is 1260 g/mol.